The summed E-state index contributed by atoms with van der Waals surface area (Å²) in [6, 6.07) is -0.238. The number of aliphatic imine (C=N–C) groups is 1. The highest BCUT2D eigenvalue weighted by molar-refractivity contribution is 7.91. The number of rotatable bonds is 8. The Morgan fingerprint density at radius 3 is 2.48 bits per heavy atom. The number of nitrogens with zero attached hydrogens (tertiary/aromatic N) is 2. The fraction of sp³-hybridized carbons (Fsp3) is 0.889. The maximum absolute atomic E-state index is 11.9. The lowest BCUT2D eigenvalue weighted by Gasteiger charge is -2.30. The molecule has 1 unspecified atom stereocenters. The van der Waals surface area contributed by atoms with Gasteiger partial charge in [-0.15, -0.1) is 0 Å². The zero-order chi connectivity index (χ0) is 19.7. The molecule has 2 rings (SSSR count). The summed E-state index contributed by atoms with van der Waals surface area (Å²) in [6.45, 7) is 7.14. The summed E-state index contributed by atoms with van der Waals surface area (Å²) in [4.78, 5) is 18.6. The van der Waals surface area contributed by atoms with E-state index >= 15 is 0 Å². The third kappa shape index (κ3) is 8.47. The van der Waals surface area contributed by atoms with E-state index in [2.05, 4.69) is 32.8 Å². The van der Waals surface area contributed by atoms with Gasteiger partial charge in [-0.25, -0.2) is 8.42 Å². The zero-order valence-corrected chi connectivity index (χ0v) is 17.5. The van der Waals surface area contributed by atoms with Gasteiger partial charge in [0, 0.05) is 32.6 Å². The Kier molecular flexibility index (Phi) is 8.82. The Hall–Kier alpha value is -1.35. The second kappa shape index (κ2) is 10.8. The molecular formula is C18H35N5O3S. The van der Waals surface area contributed by atoms with Crippen molar-refractivity contribution >= 4 is 21.7 Å². The van der Waals surface area contributed by atoms with Gasteiger partial charge in [-0.1, -0.05) is 6.92 Å². The van der Waals surface area contributed by atoms with E-state index in [1.54, 1.807) is 7.05 Å². The van der Waals surface area contributed by atoms with Crippen LogP contribution in [-0.4, -0.2) is 82.5 Å². The zero-order valence-electron chi connectivity index (χ0n) is 16.7. The minimum atomic E-state index is -2.97. The Morgan fingerprint density at radius 1 is 1.15 bits per heavy atom. The summed E-state index contributed by atoms with van der Waals surface area (Å²) in [7, 11) is -1.25. The van der Waals surface area contributed by atoms with Gasteiger partial charge in [0.15, 0.2) is 15.8 Å². The molecule has 2 heterocycles. The number of likely N-dealkylation sites (tertiary alicyclic amines) is 1. The van der Waals surface area contributed by atoms with Crippen molar-refractivity contribution in [3.05, 3.63) is 0 Å². The minimum absolute atomic E-state index is 0.0608. The third-order valence-corrected chi connectivity index (χ3v) is 7.05. The van der Waals surface area contributed by atoms with E-state index in [4.69, 9.17) is 0 Å². The van der Waals surface area contributed by atoms with Crippen LogP contribution in [0.1, 0.15) is 39.0 Å². The summed E-state index contributed by atoms with van der Waals surface area (Å²) in [5, 5.41) is 9.20. The predicted molar refractivity (Wildman–Crippen MR) is 109 cm³/mol. The summed E-state index contributed by atoms with van der Waals surface area (Å²) in [5.74, 6) is 1.66. The van der Waals surface area contributed by atoms with Crippen molar-refractivity contribution in [2.24, 2.45) is 10.9 Å². The maximum Gasteiger partial charge on any atom is 0.222 e. The quantitative estimate of drug-likeness (QED) is 0.300. The number of carbonyl (C=O) groups excluding carboxylic acids is 1. The number of hydrogen-bond donors (Lipinski definition) is 3. The molecule has 156 valence electrons. The van der Waals surface area contributed by atoms with Gasteiger partial charge >= 0.3 is 0 Å². The van der Waals surface area contributed by atoms with Gasteiger partial charge in [0.1, 0.15) is 0 Å². The first kappa shape index (κ1) is 21.9. The Morgan fingerprint density at radius 2 is 1.85 bits per heavy atom. The molecule has 0 aromatic carbocycles. The molecule has 27 heavy (non-hydrogen) atoms. The molecule has 3 N–H and O–H groups in total. The summed E-state index contributed by atoms with van der Waals surface area (Å²) in [5.41, 5.74) is 0. The van der Waals surface area contributed by atoms with Crippen LogP contribution < -0.4 is 16.0 Å². The Labute approximate surface area is 163 Å². The first-order chi connectivity index (χ1) is 12.9. The van der Waals surface area contributed by atoms with Crippen molar-refractivity contribution in [3.63, 3.8) is 0 Å². The molecule has 2 aliphatic heterocycles. The van der Waals surface area contributed by atoms with Crippen molar-refractivity contribution < 1.29 is 13.2 Å². The van der Waals surface area contributed by atoms with Gasteiger partial charge in [-0.3, -0.25) is 9.79 Å². The molecule has 9 heteroatoms. The molecule has 1 amide bonds. The lowest BCUT2D eigenvalue weighted by molar-refractivity contribution is -0.121. The number of sulfone groups is 1. The molecule has 0 aliphatic carbocycles. The largest absolute Gasteiger partial charge is 0.356 e. The smallest absolute Gasteiger partial charge is 0.222 e. The lowest BCUT2D eigenvalue weighted by atomic mass is 9.99. The van der Waals surface area contributed by atoms with Crippen LogP contribution in [-0.2, 0) is 14.6 Å². The number of piperidine rings is 1. The Balaban J connectivity index is 1.53. The molecule has 1 atom stereocenters. The molecule has 0 bridgehead atoms. The lowest BCUT2D eigenvalue weighted by Crippen LogP contribution is -2.42. The highest BCUT2D eigenvalue weighted by atomic mass is 32.2. The predicted octanol–water partition coefficient (Wildman–Crippen LogP) is -0.0332. The van der Waals surface area contributed by atoms with E-state index in [-0.39, 0.29) is 23.5 Å². The number of hydrogen-bond acceptors (Lipinski definition) is 5. The first-order valence-electron chi connectivity index (χ1n) is 10.0. The van der Waals surface area contributed by atoms with Crippen LogP contribution in [0.3, 0.4) is 0 Å². The average Bonchev–Trinajstić information content (AvgIpc) is 2.96. The van der Waals surface area contributed by atoms with E-state index in [1.807, 2.05) is 0 Å². The first-order valence-corrected chi connectivity index (χ1v) is 11.9. The van der Waals surface area contributed by atoms with Crippen LogP contribution in [0.2, 0.25) is 0 Å². The summed E-state index contributed by atoms with van der Waals surface area (Å²) >= 11 is 0. The topological polar surface area (TPSA) is 103 Å². The minimum Gasteiger partial charge on any atom is -0.356 e. The fourth-order valence-electron chi connectivity index (χ4n) is 3.52. The van der Waals surface area contributed by atoms with Crippen LogP contribution in [0.4, 0.5) is 0 Å². The molecule has 0 saturated carbocycles. The van der Waals surface area contributed by atoms with Crippen molar-refractivity contribution in [3.8, 4) is 0 Å². The molecule has 2 fully saturated rings. The van der Waals surface area contributed by atoms with E-state index in [1.165, 1.54) is 25.9 Å². The fourth-order valence-corrected chi connectivity index (χ4v) is 5.19. The normalized spacial score (nSPS) is 23.9. The highest BCUT2D eigenvalue weighted by Crippen LogP contribution is 2.15. The van der Waals surface area contributed by atoms with Crippen molar-refractivity contribution in [2.45, 2.75) is 45.1 Å². The SMILES string of the molecule is CN=C(NCCCN1CCC(C)CC1)NCCC(=O)NC1CCS(=O)(=O)C1. The van der Waals surface area contributed by atoms with Crippen molar-refractivity contribution in [1.29, 1.82) is 0 Å². The molecular weight excluding hydrogens is 366 g/mol. The molecule has 2 aliphatic rings. The van der Waals surface area contributed by atoms with Gasteiger partial charge in [-0.05, 0) is 51.2 Å². The van der Waals surface area contributed by atoms with Gasteiger partial charge in [0.05, 0.1) is 11.5 Å². The number of carbonyl (C=O) groups is 1. The molecule has 8 nitrogen and oxygen atoms in total. The van der Waals surface area contributed by atoms with Gasteiger partial charge in [0.2, 0.25) is 5.91 Å². The highest BCUT2D eigenvalue weighted by Gasteiger charge is 2.28. The summed E-state index contributed by atoms with van der Waals surface area (Å²) < 4.78 is 22.8. The van der Waals surface area contributed by atoms with E-state index in [9.17, 15) is 13.2 Å². The maximum atomic E-state index is 11.9. The number of nitrogens with one attached hydrogen (secondary N) is 3. The van der Waals surface area contributed by atoms with E-state index in [0.717, 1.165) is 25.4 Å². The molecule has 0 radical (unpaired) electrons. The average molecular weight is 402 g/mol. The van der Waals surface area contributed by atoms with Crippen LogP contribution in [0, 0.1) is 5.92 Å². The third-order valence-electron chi connectivity index (χ3n) is 5.29. The van der Waals surface area contributed by atoms with Crippen LogP contribution in [0.15, 0.2) is 4.99 Å². The molecule has 0 aromatic rings. The van der Waals surface area contributed by atoms with E-state index in [0.29, 0.717) is 25.3 Å². The van der Waals surface area contributed by atoms with Crippen molar-refractivity contribution in [1.82, 2.24) is 20.9 Å². The summed E-state index contributed by atoms with van der Waals surface area (Å²) in [6.07, 6.45) is 4.46. The van der Waals surface area contributed by atoms with Crippen LogP contribution in [0.5, 0.6) is 0 Å². The van der Waals surface area contributed by atoms with Gasteiger partial charge < -0.3 is 20.9 Å². The van der Waals surface area contributed by atoms with Crippen molar-refractivity contribution in [2.75, 3.05) is 51.3 Å². The molecule has 0 aromatic heterocycles. The molecule has 0 spiro atoms. The van der Waals surface area contributed by atoms with Crippen LogP contribution >= 0.6 is 0 Å². The Bertz CT molecular complexity index is 600. The van der Waals surface area contributed by atoms with Gasteiger partial charge in [-0.2, -0.15) is 0 Å². The number of amides is 1. The van der Waals surface area contributed by atoms with E-state index < -0.39 is 9.84 Å². The monoisotopic (exact) mass is 401 g/mol. The standard InChI is InChI=1S/C18H35N5O3S/c1-15-5-11-23(12-6-15)10-3-8-20-18(19-2)21-9-4-17(24)22-16-7-13-27(25,26)14-16/h15-16H,3-14H2,1-2H3,(H,22,24)(H2,19,20,21). The van der Waals surface area contributed by atoms with Gasteiger partial charge in [0.25, 0.3) is 0 Å². The second-order valence-electron chi connectivity index (χ2n) is 7.72. The molecule has 2 saturated heterocycles. The van der Waals surface area contributed by atoms with Crippen LogP contribution in [0.25, 0.3) is 0 Å². The second-order valence-corrected chi connectivity index (χ2v) is 9.95. The number of guanidine groups is 1.